The molecule has 0 fully saturated rings. The lowest BCUT2D eigenvalue weighted by molar-refractivity contribution is 1.07. The van der Waals surface area contributed by atoms with Crippen LogP contribution >= 0.6 is 23.3 Å². The Morgan fingerprint density at radius 3 is 2.89 bits per heavy atom. The van der Waals surface area contributed by atoms with Crippen molar-refractivity contribution in [3.05, 3.63) is 0 Å². The maximum Gasteiger partial charge on any atom is 0.217 e. The highest BCUT2D eigenvalue weighted by Gasteiger charge is 1.97. The minimum Gasteiger partial charge on any atom is -0.298 e. The van der Waals surface area contributed by atoms with E-state index in [0.29, 0.717) is 5.13 Å². The molecule has 1 rings (SSSR count). The summed E-state index contributed by atoms with van der Waals surface area (Å²) in [4.78, 5) is 3.98. The molecule has 0 saturated heterocycles. The van der Waals surface area contributed by atoms with Crippen molar-refractivity contribution in [1.29, 1.82) is 0 Å². The SMILES string of the molecule is CSc1nsc(NN)n1. The zero-order valence-electron chi connectivity index (χ0n) is 4.79. The molecular weight excluding hydrogens is 156 g/mol. The van der Waals surface area contributed by atoms with E-state index in [0.717, 1.165) is 5.16 Å². The van der Waals surface area contributed by atoms with Gasteiger partial charge in [0.2, 0.25) is 10.3 Å². The Hall–Kier alpha value is -0.330. The second-order valence-electron chi connectivity index (χ2n) is 1.23. The van der Waals surface area contributed by atoms with Crippen LogP contribution < -0.4 is 11.3 Å². The minimum absolute atomic E-state index is 0.652. The van der Waals surface area contributed by atoms with E-state index >= 15 is 0 Å². The summed E-state index contributed by atoms with van der Waals surface area (Å²) in [5.41, 5.74) is 2.41. The number of thioether (sulfide) groups is 1. The lowest BCUT2D eigenvalue weighted by Crippen LogP contribution is -2.05. The van der Waals surface area contributed by atoms with Crippen molar-refractivity contribution in [2.24, 2.45) is 5.84 Å². The van der Waals surface area contributed by atoms with E-state index in [1.54, 1.807) is 0 Å². The van der Waals surface area contributed by atoms with Crippen LogP contribution in [0.3, 0.4) is 0 Å². The third-order valence-electron chi connectivity index (χ3n) is 0.713. The van der Waals surface area contributed by atoms with E-state index in [1.807, 2.05) is 6.26 Å². The smallest absolute Gasteiger partial charge is 0.217 e. The van der Waals surface area contributed by atoms with Crippen LogP contribution in [0.15, 0.2) is 5.16 Å². The van der Waals surface area contributed by atoms with Gasteiger partial charge in [-0.3, -0.25) is 5.43 Å². The lowest BCUT2D eigenvalue weighted by atomic mass is 11.2. The van der Waals surface area contributed by atoms with Crippen molar-refractivity contribution in [3.63, 3.8) is 0 Å². The van der Waals surface area contributed by atoms with Crippen molar-refractivity contribution >= 4 is 28.4 Å². The molecule has 0 amide bonds. The molecule has 0 saturated carbocycles. The van der Waals surface area contributed by atoms with Gasteiger partial charge in [0, 0.05) is 11.5 Å². The first-order valence-electron chi connectivity index (χ1n) is 2.21. The number of rotatable bonds is 2. The van der Waals surface area contributed by atoms with Crippen molar-refractivity contribution in [2.75, 3.05) is 11.7 Å². The van der Waals surface area contributed by atoms with Gasteiger partial charge in [0.1, 0.15) is 0 Å². The Kier molecular flexibility index (Phi) is 2.26. The van der Waals surface area contributed by atoms with E-state index in [-0.39, 0.29) is 0 Å². The molecule has 3 N–H and O–H groups in total. The predicted molar refractivity (Wildman–Crippen MR) is 39.5 cm³/mol. The number of anilines is 1. The van der Waals surface area contributed by atoms with Crippen molar-refractivity contribution in [1.82, 2.24) is 9.36 Å². The summed E-state index contributed by atoms with van der Waals surface area (Å²) in [5, 5.41) is 1.41. The Morgan fingerprint density at radius 1 is 1.78 bits per heavy atom. The second kappa shape index (κ2) is 3.00. The molecule has 0 aromatic carbocycles. The highest BCUT2D eigenvalue weighted by Crippen LogP contribution is 2.15. The second-order valence-corrected chi connectivity index (χ2v) is 2.76. The van der Waals surface area contributed by atoms with Crippen LogP contribution in [0, 0.1) is 0 Å². The van der Waals surface area contributed by atoms with Crippen LogP contribution in [0.2, 0.25) is 0 Å². The first-order chi connectivity index (χ1) is 4.36. The minimum atomic E-state index is 0.652. The van der Waals surface area contributed by atoms with Crippen molar-refractivity contribution in [2.45, 2.75) is 5.16 Å². The van der Waals surface area contributed by atoms with Gasteiger partial charge >= 0.3 is 0 Å². The van der Waals surface area contributed by atoms with E-state index in [4.69, 9.17) is 5.84 Å². The van der Waals surface area contributed by atoms with Gasteiger partial charge in [0.15, 0.2) is 0 Å². The molecule has 0 radical (unpaired) electrons. The van der Waals surface area contributed by atoms with Crippen LogP contribution in [-0.4, -0.2) is 15.6 Å². The molecule has 1 aromatic rings. The fraction of sp³-hybridized carbons (Fsp3) is 0.333. The zero-order chi connectivity index (χ0) is 6.69. The van der Waals surface area contributed by atoms with Crippen LogP contribution in [-0.2, 0) is 0 Å². The Bertz CT molecular complexity index is 167. The van der Waals surface area contributed by atoms with Crippen molar-refractivity contribution < 1.29 is 0 Å². The number of nitrogens with one attached hydrogen (secondary N) is 1. The standard InChI is InChI=1S/C3H6N4S2/c1-8-3-5-2(6-4)9-7-3/h4H2,1H3,(H,5,6,7). The highest BCUT2D eigenvalue weighted by molar-refractivity contribution is 7.98. The third kappa shape index (κ3) is 1.54. The van der Waals surface area contributed by atoms with Gasteiger partial charge in [-0.25, -0.2) is 5.84 Å². The van der Waals surface area contributed by atoms with E-state index in [2.05, 4.69) is 14.8 Å². The van der Waals surface area contributed by atoms with Gasteiger partial charge in [0.25, 0.3) is 0 Å². The Morgan fingerprint density at radius 2 is 2.56 bits per heavy atom. The zero-order valence-corrected chi connectivity index (χ0v) is 6.42. The largest absolute Gasteiger partial charge is 0.298 e. The molecule has 9 heavy (non-hydrogen) atoms. The molecule has 4 nitrogen and oxygen atoms in total. The molecule has 1 heterocycles. The molecule has 6 heteroatoms. The summed E-state index contributed by atoms with van der Waals surface area (Å²) in [6.07, 6.45) is 1.92. The number of hydrogen-bond donors (Lipinski definition) is 2. The number of nitrogens with two attached hydrogens (primary N) is 1. The summed E-state index contributed by atoms with van der Waals surface area (Å²) < 4.78 is 3.96. The van der Waals surface area contributed by atoms with E-state index < -0.39 is 0 Å². The fourth-order valence-electron chi connectivity index (χ4n) is 0.352. The molecule has 0 aliphatic carbocycles. The maximum atomic E-state index is 5.07. The number of nitrogen functional groups attached to an aromatic ring is 1. The van der Waals surface area contributed by atoms with E-state index in [1.165, 1.54) is 23.3 Å². The summed E-state index contributed by atoms with van der Waals surface area (Å²) >= 11 is 2.75. The monoisotopic (exact) mass is 162 g/mol. The normalized spacial score (nSPS) is 9.56. The van der Waals surface area contributed by atoms with Crippen LogP contribution in [0.1, 0.15) is 0 Å². The Labute approximate surface area is 61.0 Å². The van der Waals surface area contributed by atoms with Gasteiger partial charge in [-0.2, -0.15) is 9.36 Å². The first-order valence-corrected chi connectivity index (χ1v) is 4.21. The Balaban J connectivity index is 2.74. The average Bonchev–Trinajstić information content (AvgIpc) is 2.34. The summed E-state index contributed by atoms with van der Waals surface area (Å²) in [7, 11) is 0. The fourth-order valence-corrected chi connectivity index (χ4v) is 1.39. The quantitative estimate of drug-likeness (QED) is 0.377. The summed E-state index contributed by atoms with van der Waals surface area (Å²) in [6.45, 7) is 0. The molecule has 0 bridgehead atoms. The highest BCUT2D eigenvalue weighted by atomic mass is 32.2. The molecule has 0 atom stereocenters. The molecule has 0 unspecified atom stereocenters. The number of aromatic nitrogens is 2. The summed E-state index contributed by atoms with van der Waals surface area (Å²) in [5.74, 6) is 5.07. The van der Waals surface area contributed by atoms with Crippen LogP contribution in [0.5, 0.6) is 0 Å². The van der Waals surface area contributed by atoms with Crippen LogP contribution in [0.4, 0.5) is 5.13 Å². The predicted octanol–water partition coefficient (Wildman–Crippen LogP) is 0.546. The van der Waals surface area contributed by atoms with Gasteiger partial charge in [-0.1, -0.05) is 11.8 Å². The third-order valence-corrected chi connectivity index (χ3v) is 2.02. The molecule has 0 aliphatic heterocycles. The topological polar surface area (TPSA) is 63.8 Å². The van der Waals surface area contributed by atoms with Gasteiger partial charge in [0.05, 0.1) is 0 Å². The maximum absolute atomic E-state index is 5.07. The lowest BCUT2D eigenvalue weighted by Gasteiger charge is -1.84. The van der Waals surface area contributed by atoms with Crippen LogP contribution in [0.25, 0.3) is 0 Å². The average molecular weight is 162 g/mol. The number of hydrogen-bond acceptors (Lipinski definition) is 6. The number of nitrogens with zero attached hydrogens (tertiary/aromatic N) is 2. The van der Waals surface area contributed by atoms with Gasteiger partial charge in [-0.15, -0.1) is 0 Å². The summed E-state index contributed by atoms with van der Waals surface area (Å²) in [6, 6.07) is 0. The number of hydrazine groups is 1. The molecule has 0 spiro atoms. The van der Waals surface area contributed by atoms with Crippen molar-refractivity contribution in [3.8, 4) is 0 Å². The molecule has 50 valence electrons. The van der Waals surface area contributed by atoms with E-state index in [9.17, 15) is 0 Å². The molecular formula is C3H6N4S2. The van der Waals surface area contributed by atoms with Gasteiger partial charge < -0.3 is 0 Å². The molecule has 1 aromatic heterocycles. The molecule has 0 aliphatic rings. The van der Waals surface area contributed by atoms with Gasteiger partial charge in [-0.05, 0) is 6.26 Å². The first kappa shape index (κ1) is 6.79.